The molecule has 1 aromatic rings. The number of amides is 1. The van der Waals surface area contributed by atoms with Crippen LogP contribution in [0.2, 0.25) is 0 Å². The highest BCUT2D eigenvalue weighted by atomic mass is 16.5. The lowest BCUT2D eigenvalue weighted by Crippen LogP contribution is -2.27. The van der Waals surface area contributed by atoms with Crippen LogP contribution in [0, 0.1) is 5.92 Å². The Balaban J connectivity index is 1.72. The second-order valence-corrected chi connectivity index (χ2v) is 5.40. The van der Waals surface area contributed by atoms with Crippen molar-refractivity contribution in [3.8, 4) is 5.75 Å². The molecule has 0 saturated carbocycles. The first-order valence-corrected chi connectivity index (χ1v) is 7.51. The molecule has 21 heavy (non-hydrogen) atoms. The molecule has 2 unspecified atom stereocenters. The number of nitrogens with one attached hydrogen (secondary N) is 1. The van der Waals surface area contributed by atoms with Gasteiger partial charge in [-0.3, -0.25) is 4.79 Å². The zero-order valence-corrected chi connectivity index (χ0v) is 12.5. The van der Waals surface area contributed by atoms with E-state index in [0.29, 0.717) is 17.8 Å². The van der Waals surface area contributed by atoms with E-state index in [2.05, 4.69) is 12.2 Å². The summed E-state index contributed by atoms with van der Waals surface area (Å²) in [4.78, 5) is 10.6. The highest BCUT2D eigenvalue weighted by molar-refractivity contribution is 5.75. The Morgan fingerprint density at radius 2 is 2.19 bits per heavy atom. The third-order valence-electron chi connectivity index (χ3n) is 3.79. The molecular formula is C16H24N2O3. The Morgan fingerprint density at radius 1 is 1.43 bits per heavy atom. The van der Waals surface area contributed by atoms with E-state index in [-0.39, 0.29) is 6.61 Å². The van der Waals surface area contributed by atoms with Crippen LogP contribution in [0.3, 0.4) is 0 Å². The lowest BCUT2D eigenvalue weighted by molar-refractivity contribution is -0.119. The maximum absolute atomic E-state index is 10.6. The smallest absolute Gasteiger partial charge is 0.255 e. The number of nitrogens with two attached hydrogens (primary N) is 1. The Labute approximate surface area is 125 Å². The summed E-state index contributed by atoms with van der Waals surface area (Å²) in [6, 6.07) is 7.69. The monoisotopic (exact) mass is 292 g/mol. The molecule has 0 spiro atoms. The van der Waals surface area contributed by atoms with E-state index in [1.54, 1.807) is 0 Å². The molecule has 2 rings (SSSR count). The molecule has 1 fully saturated rings. The molecule has 0 aromatic heterocycles. The summed E-state index contributed by atoms with van der Waals surface area (Å²) < 4.78 is 10.9. The fourth-order valence-electron chi connectivity index (χ4n) is 2.64. The van der Waals surface area contributed by atoms with Gasteiger partial charge in [0.15, 0.2) is 6.61 Å². The molecule has 2 atom stereocenters. The number of carbonyl (C=O) groups is 1. The number of hydrogen-bond acceptors (Lipinski definition) is 4. The number of primary amides is 1. The van der Waals surface area contributed by atoms with E-state index in [4.69, 9.17) is 15.2 Å². The summed E-state index contributed by atoms with van der Waals surface area (Å²) in [7, 11) is 0. The maximum Gasteiger partial charge on any atom is 0.255 e. The second-order valence-electron chi connectivity index (χ2n) is 5.40. The van der Waals surface area contributed by atoms with E-state index in [0.717, 1.165) is 32.5 Å². The topological polar surface area (TPSA) is 73.6 Å². The molecule has 0 bridgehead atoms. The van der Waals surface area contributed by atoms with Gasteiger partial charge < -0.3 is 20.5 Å². The van der Waals surface area contributed by atoms with E-state index in [9.17, 15) is 4.79 Å². The van der Waals surface area contributed by atoms with Gasteiger partial charge in [0.05, 0.1) is 6.10 Å². The minimum absolute atomic E-state index is 0.0856. The summed E-state index contributed by atoms with van der Waals surface area (Å²) >= 11 is 0. The highest BCUT2D eigenvalue weighted by Gasteiger charge is 2.25. The van der Waals surface area contributed by atoms with Crippen LogP contribution in [0.15, 0.2) is 24.3 Å². The van der Waals surface area contributed by atoms with Gasteiger partial charge in [-0.1, -0.05) is 19.1 Å². The number of carbonyl (C=O) groups excluding carboxylic acids is 1. The van der Waals surface area contributed by atoms with Crippen molar-refractivity contribution in [1.29, 1.82) is 0 Å². The summed E-state index contributed by atoms with van der Waals surface area (Å²) in [5, 5.41) is 3.48. The van der Waals surface area contributed by atoms with Crippen LogP contribution in [0.4, 0.5) is 0 Å². The Hall–Kier alpha value is -1.59. The molecule has 5 heteroatoms. The van der Waals surface area contributed by atoms with Crippen molar-refractivity contribution in [2.45, 2.75) is 32.4 Å². The third kappa shape index (κ3) is 5.02. The van der Waals surface area contributed by atoms with Gasteiger partial charge >= 0.3 is 0 Å². The number of rotatable bonds is 8. The summed E-state index contributed by atoms with van der Waals surface area (Å²) in [5.74, 6) is 0.811. The minimum Gasteiger partial charge on any atom is -0.484 e. The van der Waals surface area contributed by atoms with E-state index in [1.165, 1.54) is 5.56 Å². The van der Waals surface area contributed by atoms with Crippen LogP contribution < -0.4 is 15.8 Å². The Bertz CT molecular complexity index is 447. The lowest BCUT2D eigenvalue weighted by atomic mass is 9.99. The van der Waals surface area contributed by atoms with E-state index >= 15 is 0 Å². The molecule has 1 amide bonds. The molecule has 3 N–H and O–H groups in total. The number of hydrogen-bond donors (Lipinski definition) is 2. The van der Waals surface area contributed by atoms with Gasteiger partial charge in [-0.05, 0) is 36.5 Å². The van der Waals surface area contributed by atoms with Gasteiger partial charge in [0.1, 0.15) is 5.75 Å². The summed E-state index contributed by atoms with van der Waals surface area (Å²) in [6.07, 6.45) is 2.63. The highest BCUT2D eigenvalue weighted by Crippen LogP contribution is 2.22. The van der Waals surface area contributed by atoms with Crippen LogP contribution in [0.25, 0.3) is 0 Å². The number of ether oxygens (including phenoxy) is 2. The average molecular weight is 292 g/mol. The van der Waals surface area contributed by atoms with Gasteiger partial charge in [-0.25, -0.2) is 0 Å². The van der Waals surface area contributed by atoms with Crippen molar-refractivity contribution in [3.63, 3.8) is 0 Å². The first-order valence-electron chi connectivity index (χ1n) is 7.51. The molecule has 5 nitrogen and oxygen atoms in total. The summed E-state index contributed by atoms with van der Waals surface area (Å²) in [5.41, 5.74) is 6.22. The van der Waals surface area contributed by atoms with E-state index in [1.807, 2.05) is 24.3 Å². The predicted molar refractivity (Wildman–Crippen MR) is 81.0 cm³/mol. The zero-order chi connectivity index (χ0) is 15.1. The van der Waals surface area contributed by atoms with Gasteiger partial charge in [0.2, 0.25) is 0 Å². The predicted octanol–water partition coefficient (Wildman–Crippen LogP) is 1.46. The number of benzene rings is 1. The maximum atomic E-state index is 10.6. The van der Waals surface area contributed by atoms with Crippen LogP contribution >= 0.6 is 0 Å². The van der Waals surface area contributed by atoms with Gasteiger partial charge in [-0.15, -0.1) is 0 Å². The normalized spacial score (nSPS) is 21.4. The van der Waals surface area contributed by atoms with Crippen molar-refractivity contribution in [2.75, 3.05) is 19.8 Å². The molecular weight excluding hydrogens is 268 g/mol. The van der Waals surface area contributed by atoms with Crippen molar-refractivity contribution >= 4 is 5.91 Å². The summed E-state index contributed by atoms with van der Waals surface area (Å²) in [6.45, 7) is 4.78. The average Bonchev–Trinajstić information content (AvgIpc) is 2.94. The van der Waals surface area contributed by atoms with E-state index < -0.39 is 5.91 Å². The molecule has 116 valence electrons. The SMILES string of the molecule is CCC1OCCC1CNCc1ccc(OCC(N)=O)cc1. The van der Waals surface area contributed by atoms with Crippen LogP contribution in [-0.2, 0) is 16.1 Å². The molecule has 0 radical (unpaired) electrons. The van der Waals surface area contributed by atoms with Crippen molar-refractivity contribution < 1.29 is 14.3 Å². The van der Waals surface area contributed by atoms with Crippen molar-refractivity contribution in [3.05, 3.63) is 29.8 Å². The zero-order valence-electron chi connectivity index (χ0n) is 12.5. The molecule has 0 aliphatic carbocycles. The third-order valence-corrected chi connectivity index (χ3v) is 3.79. The molecule has 1 saturated heterocycles. The fraction of sp³-hybridized carbons (Fsp3) is 0.562. The van der Waals surface area contributed by atoms with Crippen LogP contribution in [0.5, 0.6) is 5.75 Å². The van der Waals surface area contributed by atoms with Crippen molar-refractivity contribution in [2.24, 2.45) is 11.7 Å². The quantitative estimate of drug-likeness (QED) is 0.760. The Morgan fingerprint density at radius 3 is 2.86 bits per heavy atom. The van der Waals surface area contributed by atoms with Crippen LogP contribution in [0.1, 0.15) is 25.3 Å². The minimum atomic E-state index is -0.468. The van der Waals surface area contributed by atoms with Crippen molar-refractivity contribution in [1.82, 2.24) is 5.32 Å². The first kappa shape index (κ1) is 15.8. The fourth-order valence-corrected chi connectivity index (χ4v) is 2.64. The molecule has 1 aliphatic heterocycles. The lowest BCUT2D eigenvalue weighted by Gasteiger charge is -2.17. The van der Waals surface area contributed by atoms with Crippen LogP contribution in [-0.4, -0.2) is 31.8 Å². The van der Waals surface area contributed by atoms with Gasteiger partial charge in [-0.2, -0.15) is 0 Å². The Kier molecular flexibility index (Phi) is 6.02. The second kappa shape index (κ2) is 8.00. The van der Waals surface area contributed by atoms with Gasteiger partial charge in [0.25, 0.3) is 5.91 Å². The van der Waals surface area contributed by atoms with Gasteiger partial charge in [0, 0.05) is 19.7 Å². The molecule has 1 heterocycles. The first-order chi connectivity index (χ1) is 10.2. The standard InChI is InChI=1S/C16H24N2O3/c1-2-15-13(7-8-20-15)10-18-9-12-3-5-14(6-4-12)21-11-16(17)19/h3-6,13,15,18H,2,7-11H2,1H3,(H2,17,19). The molecule has 1 aliphatic rings. The molecule has 1 aromatic carbocycles. The largest absolute Gasteiger partial charge is 0.484 e.